The molecule has 1 aromatic heterocycles. The van der Waals surface area contributed by atoms with Crippen LogP contribution in [0.15, 0.2) is 41.2 Å². The highest BCUT2D eigenvalue weighted by atomic mass is 32.1. The van der Waals surface area contributed by atoms with Crippen molar-refractivity contribution in [3.05, 3.63) is 57.7 Å². The van der Waals surface area contributed by atoms with Crippen molar-refractivity contribution in [2.24, 2.45) is 0 Å². The van der Waals surface area contributed by atoms with Gasteiger partial charge in [0.15, 0.2) is 5.43 Å². The van der Waals surface area contributed by atoms with Gasteiger partial charge in [0.05, 0.1) is 0 Å². The van der Waals surface area contributed by atoms with Crippen molar-refractivity contribution in [3.8, 4) is 0 Å². The lowest BCUT2D eigenvalue weighted by Crippen LogP contribution is -2.07. The van der Waals surface area contributed by atoms with Gasteiger partial charge in [0.2, 0.25) is 0 Å². The fourth-order valence-electron chi connectivity index (χ4n) is 2.67. The van der Waals surface area contributed by atoms with Crippen molar-refractivity contribution in [2.75, 3.05) is 13.2 Å². The molecule has 0 unspecified atom stereocenters. The van der Waals surface area contributed by atoms with Crippen LogP contribution in [-0.2, 0) is 12.8 Å². The van der Waals surface area contributed by atoms with Crippen LogP contribution in [0.3, 0.4) is 0 Å². The summed E-state index contributed by atoms with van der Waals surface area (Å²) in [4.78, 5) is 12.8. The first-order chi connectivity index (χ1) is 10.3. The lowest BCUT2D eigenvalue weighted by molar-refractivity contribution is 0.299. The van der Waals surface area contributed by atoms with E-state index in [4.69, 9.17) is 0 Å². The van der Waals surface area contributed by atoms with Crippen LogP contribution in [0.4, 0.5) is 0 Å². The second-order valence-electron chi connectivity index (χ2n) is 4.96. The van der Waals surface area contributed by atoms with E-state index in [0.29, 0.717) is 18.2 Å². The van der Waals surface area contributed by atoms with Gasteiger partial charge in [-0.15, -0.1) is 11.3 Å². The van der Waals surface area contributed by atoms with Gasteiger partial charge in [-0.1, -0.05) is 24.3 Å². The predicted molar refractivity (Wildman–Crippen MR) is 87.2 cm³/mol. The van der Waals surface area contributed by atoms with Crippen molar-refractivity contribution >= 4 is 31.5 Å². The molecule has 0 saturated carbocycles. The minimum Gasteiger partial charge on any atom is -0.396 e. The van der Waals surface area contributed by atoms with Crippen molar-refractivity contribution in [3.63, 3.8) is 0 Å². The molecule has 2 aromatic carbocycles. The SMILES string of the molecule is O=c1c2ccccc2sc2c(CCO)ccc(CCO)c12. The van der Waals surface area contributed by atoms with Gasteiger partial charge in [-0.25, -0.2) is 0 Å². The van der Waals surface area contributed by atoms with Crippen LogP contribution in [0.5, 0.6) is 0 Å². The monoisotopic (exact) mass is 300 g/mol. The molecule has 0 aliphatic heterocycles. The zero-order valence-electron chi connectivity index (χ0n) is 11.5. The molecule has 0 bridgehead atoms. The predicted octanol–water partition coefficient (Wildman–Crippen LogP) is 2.48. The average Bonchev–Trinajstić information content (AvgIpc) is 2.50. The van der Waals surface area contributed by atoms with E-state index in [9.17, 15) is 15.0 Å². The Hall–Kier alpha value is -1.75. The summed E-state index contributed by atoms with van der Waals surface area (Å²) in [6.45, 7) is 0.0769. The van der Waals surface area contributed by atoms with Gasteiger partial charge in [-0.2, -0.15) is 0 Å². The maximum absolute atomic E-state index is 12.8. The third kappa shape index (κ3) is 2.46. The second-order valence-corrected chi connectivity index (χ2v) is 6.01. The zero-order valence-corrected chi connectivity index (χ0v) is 12.3. The Kier molecular flexibility index (Phi) is 4.01. The summed E-state index contributed by atoms with van der Waals surface area (Å²) in [5.74, 6) is 0. The van der Waals surface area contributed by atoms with Gasteiger partial charge in [0.1, 0.15) is 0 Å². The highest BCUT2D eigenvalue weighted by molar-refractivity contribution is 7.24. The van der Waals surface area contributed by atoms with E-state index >= 15 is 0 Å². The van der Waals surface area contributed by atoms with Crippen LogP contribution in [0.1, 0.15) is 11.1 Å². The van der Waals surface area contributed by atoms with Gasteiger partial charge in [-0.3, -0.25) is 4.79 Å². The van der Waals surface area contributed by atoms with Crippen LogP contribution in [0.25, 0.3) is 20.2 Å². The van der Waals surface area contributed by atoms with Gasteiger partial charge in [-0.05, 0) is 36.1 Å². The molecule has 4 heteroatoms. The molecule has 0 radical (unpaired) electrons. The lowest BCUT2D eigenvalue weighted by Gasteiger charge is -2.10. The topological polar surface area (TPSA) is 57.5 Å². The summed E-state index contributed by atoms with van der Waals surface area (Å²) in [5, 5.41) is 19.8. The summed E-state index contributed by atoms with van der Waals surface area (Å²) < 4.78 is 1.88. The molecule has 2 N–H and O–H groups in total. The van der Waals surface area contributed by atoms with E-state index < -0.39 is 0 Å². The molecule has 0 aliphatic carbocycles. The molecular formula is C17H16O3S. The number of benzene rings is 2. The number of rotatable bonds is 4. The van der Waals surface area contributed by atoms with E-state index in [1.165, 1.54) is 0 Å². The average molecular weight is 300 g/mol. The summed E-state index contributed by atoms with van der Waals surface area (Å²) >= 11 is 1.58. The molecule has 0 saturated heterocycles. The largest absolute Gasteiger partial charge is 0.396 e. The Labute approximate surface area is 126 Å². The summed E-state index contributed by atoms with van der Waals surface area (Å²) in [6.07, 6.45) is 1.00. The third-order valence-corrected chi connectivity index (χ3v) is 4.90. The molecule has 0 fully saturated rings. The maximum Gasteiger partial charge on any atom is 0.196 e. The van der Waals surface area contributed by atoms with Gasteiger partial charge in [0, 0.05) is 33.4 Å². The molecule has 1 heterocycles. The fraction of sp³-hybridized carbons (Fsp3) is 0.235. The number of aliphatic hydroxyl groups is 2. The van der Waals surface area contributed by atoms with Crippen molar-refractivity contribution in [2.45, 2.75) is 12.8 Å². The fourth-order valence-corrected chi connectivity index (χ4v) is 3.93. The van der Waals surface area contributed by atoms with Crippen LogP contribution in [0, 0.1) is 0 Å². The molecule has 3 rings (SSSR count). The second kappa shape index (κ2) is 5.93. The van der Waals surface area contributed by atoms with Gasteiger partial charge in [0.25, 0.3) is 0 Å². The Bertz CT molecular complexity index is 852. The normalized spacial score (nSPS) is 11.3. The highest BCUT2D eigenvalue weighted by Gasteiger charge is 2.13. The first kappa shape index (κ1) is 14.2. The molecular weight excluding hydrogens is 284 g/mol. The third-order valence-electron chi connectivity index (χ3n) is 3.66. The van der Waals surface area contributed by atoms with Crippen LogP contribution < -0.4 is 5.43 Å². The van der Waals surface area contributed by atoms with Crippen molar-refractivity contribution in [1.82, 2.24) is 0 Å². The minimum absolute atomic E-state index is 0.0163. The molecule has 3 nitrogen and oxygen atoms in total. The molecule has 0 spiro atoms. The van der Waals surface area contributed by atoms with Crippen LogP contribution in [-0.4, -0.2) is 23.4 Å². The number of fused-ring (bicyclic) bond motifs is 2. The molecule has 0 atom stereocenters. The molecule has 0 amide bonds. The zero-order chi connectivity index (χ0) is 14.8. The Balaban J connectivity index is 2.45. The number of hydrogen-bond donors (Lipinski definition) is 2. The molecule has 21 heavy (non-hydrogen) atoms. The van der Waals surface area contributed by atoms with Crippen LogP contribution in [0.2, 0.25) is 0 Å². The van der Waals surface area contributed by atoms with E-state index in [1.54, 1.807) is 11.3 Å². The van der Waals surface area contributed by atoms with E-state index in [-0.39, 0.29) is 18.6 Å². The summed E-state index contributed by atoms with van der Waals surface area (Å²) in [5.41, 5.74) is 1.88. The Morgan fingerprint density at radius 3 is 2.33 bits per heavy atom. The number of hydrogen-bond acceptors (Lipinski definition) is 4. The first-order valence-electron chi connectivity index (χ1n) is 6.94. The summed E-state index contributed by atoms with van der Waals surface area (Å²) in [6, 6.07) is 11.4. The Morgan fingerprint density at radius 1 is 0.905 bits per heavy atom. The Morgan fingerprint density at radius 2 is 1.57 bits per heavy atom. The number of aliphatic hydroxyl groups excluding tert-OH is 2. The summed E-state index contributed by atoms with van der Waals surface area (Å²) in [7, 11) is 0. The highest BCUT2D eigenvalue weighted by Crippen LogP contribution is 2.30. The minimum atomic E-state index is 0.0163. The molecule has 108 valence electrons. The molecule has 3 aromatic rings. The lowest BCUT2D eigenvalue weighted by atomic mass is 10.0. The molecule has 0 aliphatic rings. The van der Waals surface area contributed by atoms with E-state index in [0.717, 1.165) is 25.9 Å². The van der Waals surface area contributed by atoms with Crippen LogP contribution >= 0.6 is 11.3 Å². The standard InChI is InChI=1S/C17H16O3S/c18-9-7-11-5-6-12(8-10-19)17-15(11)16(20)13-3-1-2-4-14(13)21-17/h1-6,18-19H,7-10H2. The van der Waals surface area contributed by atoms with Crippen molar-refractivity contribution in [1.29, 1.82) is 0 Å². The van der Waals surface area contributed by atoms with E-state index in [2.05, 4.69) is 0 Å². The van der Waals surface area contributed by atoms with E-state index in [1.807, 2.05) is 36.4 Å². The smallest absolute Gasteiger partial charge is 0.196 e. The quantitative estimate of drug-likeness (QED) is 0.728. The van der Waals surface area contributed by atoms with Gasteiger partial charge >= 0.3 is 0 Å². The van der Waals surface area contributed by atoms with Gasteiger partial charge < -0.3 is 10.2 Å². The first-order valence-corrected chi connectivity index (χ1v) is 7.76. The van der Waals surface area contributed by atoms with Crippen molar-refractivity contribution < 1.29 is 10.2 Å². The maximum atomic E-state index is 12.8.